The van der Waals surface area contributed by atoms with Gasteiger partial charge < -0.3 is 38.4 Å². The number of aliphatic hydroxyl groups excluding tert-OH is 1. The van der Waals surface area contributed by atoms with E-state index >= 15 is 0 Å². The minimum Gasteiger partial charge on any atom is -0.466 e. The molecule has 0 bridgehead atoms. The van der Waals surface area contributed by atoms with E-state index in [-0.39, 0.29) is 31.1 Å². The van der Waals surface area contributed by atoms with Crippen molar-refractivity contribution >= 4 is 11.9 Å². The molecule has 388 valence electrons. The summed E-state index contributed by atoms with van der Waals surface area (Å²) < 4.78 is 35.6. The number of unbranched alkanes of at least 4 members (excludes halogenated alkanes) is 26. The van der Waals surface area contributed by atoms with Gasteiger partial charge >= 0.3 is 11.9 Å². The Morgan fingerprint density at radius 1 is 0.354 bits per heavy atom. The molecule has 1 N–H and O–H groups in total. The third-order valence-electron chi connectivity index (χ3n) is 12.3. The lowest BCUT2D eigenvalue weighted by Gasteiger charge is -2.22. The zero-order chi connectivity index (χ0) is 47.4. The van der Waals surface area contributed by atoms with Crippen LogP contribution in [0.3, 0.4) is 0 Å². The van der Waals surface area contributed by atoms with Crippen molar-refractivity contribution in [1.29, 1.82) is 0 Å². The Labute approximate surface area is 402 Å². The average Bonchev–Trinajstić information content (AvgIpc) is 3.31. The molecular formula is C55H109NO9. The lowest BCUT2D eigenvalue weighted by molar-refractivity contribution is -0.159. The lowest BCUT2D eigenvalue weighted by Crippen LogP contribution is -2.28. The van der Waals surface area contributed by atoms with Crippen LogP contribution in [0.1, 0.15) is 265 Å². The molecule has 0 spiro atoms. The molecule has 0 amide bonds. The molecule has 10 nitrogen and oxygen atoms in total. The fourth-order valence-electron chi connectivity index (χ4n) is 8.02. The molecule has 0 aromatic rings. The maximum Gasteiger partial charge on any atom is 0.305 e. The van der Waals surface area contributed by atoms with E-state index in [4.69, 9.17) is 28.4 Å². The van der Waals surface area contributed by atoms with Crippen LogP contribution in [-0.2, 0) is 38.0 Å². The molecule has 0 heterocycles. The van der Waals surface area contributed by atoms with Crippen LogP contribution in [0.5, 0.6) is 0 Å². The van der Waals surface area contributed by atoms with Crippen LogP contribution < -0.4 is 0 Å². The van der Waals surface area contributed by atoms with Gasteiger partial charge in [0.15, 0.2) is 12.6 Å². The van der Waals surface area contributed by atoms with Crippen LogP contribution >= 0.6 is 0 Å². The summed E-state index contributed by atoms with van der Waals surface area (Å²) in [6.07, 6.45) is 39.4. The van der Waals surface area contributed by atoms with Gasteiger partial charge in [-0.2, -0.15) is 0 Å². The first-order chi connectivity index (χ1) is 32.0. The number of rotatable bonds is 55. The molecule has 0 aromatic carbocycles. The third kappa shape index (κ3) is 48.9. The highest BCUT2D eigenvalue weighted by atomic mass is 16.7. The Kier molecular flexibility index (Phi) is 52.6. The molecule has 0 saturated carbocycles. The summed E-state index contributed by atoms with van der Waals surface area (Å²) in [5.41, 5.74) is 0. The lowest BCUT2D eigenvalue weighted by atomic mass is 10.1. The maximum absolute atomic E-state index is 12.6. The first-order valence-corrected chi connectivity index (χ1v) is 28.1. The van der Waals surface area contributed by atoms with Gasteiger partial charge in [0.05, 0.1) is 26.1 Å². The van der Waals surface area contributed by atoms with Gasteiger partial charge in [-0.05, 0) is 70.9 Å². The highest BCUT2D eigenvalue weighted by Crippen LogP contribution is 2.15. The van der Waals surface area contributed by atoms with Crippen molar-refractivity contribution in [3.05, 3.63) is 0 Å². The summed E-state index contributed by atoms with van der Waals surface area (Å²) >= 11 is 0. The zero-order valence-corrected chi connectivity index (χ0v) is 43.5. The number of carbonyl (C=O) groups is 2. The van der Waals surface area contributed by atoms with E-state index in [1.807, 2.05) is 0 Å². The summed E-state index contributed by atoms with van der Waals surface area (Å²) in [5.74, 6) is -0.321. The highest BCUT2D eigenvalue weighted by molar-refractivity contribution is 5.69. The first kappa shape index (κ1) is 63.7. The summed E-state index contributed by atoms with van der Waals surface area (Å²) in [6.45, 7) is 15.8. The molecule has 10 heteroatoms. The quantitative estimate of drug-likeness (QED) is 0.0359. The van der Waals surface area contributed by atoms with Crippen molar-refractivity contribution in [3.63, 3.8) is 0 Å². The standard InChI is InChI=1S/C55H109NO9/c1-5-9-13-17-23-33-48-62-54(63-49-34-24-18-14-10-6-2)40-38-52(58)60-46-31-27-21-29-42-56(44-37-45-57)43-30-22-28-32-47-61-53(59)39-41-55(64-50-35-25-19-15-11-7-3)65-51-36-26-20-16-12-8-4/h54-55,57H,5-51H2,1-4H3. The van der Waals surface area contributed by atoms with Gasteiger partial charge in [-0.15, -0.1) is 0 Å². The van der Waals surface area contributed by atoms with Crippen LogP contribution in [-0.4, -0.2) is 100 Å². The summed E-state index contributed by atoms with van der Waals surface area (Å²) in [7, 11) is 0. The highest BCUT2D eigenvalue weighted by Gasteiger charge is 2.15. The van der Waals surface area contributed by atoms with Crippen LogP contribution in [0.15, 0.2) is 0 Å². The van der Waals surface area contributed by atoms with Crippen molar-refractivity contribution < 1.29 is 43.1 Å². The normalized spacial score (nSPS) is 11.8. The Morgan fingerprint density at radius 2 is 0.615 bits per heavy atom. The molecule has 0 saturated heterocycles. The first-order valence-electron chi connectivity index (χ1n) is 28.1. The number of hydrogen-bond acceptors (Lipinski definition) is 10. The Morgan fingerprint density at radius 3 is 0.923 bits per heavy atom. The van der Waals surface area contributed by atoms with Crippen molar-refractivity contribution in [1.82, 2.24) is 4.90 Å². The topological polar surface area (TPSA) is 113 Å². The molecule has 0 aliphatic carbocycles. The summed E-state index contributed by atoms with van der Waals surface area (Å²) in [6, 6.07) is 0. The van der Waals surface area contributed by atoms with Gasteiger partial charge in [0.2, 0.25) is 0 Å². The van der Waals surface area contributed by atoms with Crippen LogP contribution in [0.2, 0.25) is 0 Å². The van der Waals surface area contributed by atoms with Gasteiger partial charge in [-0.1, -0.05) is 182 Å². The molecule has 65 heavy (non-hydrogen) atoms. The summed E-state index contributed by atoms with van der Waals surface area (Å²) in [5, 5.41) is 9.47. The molecule has 0 aromatic heterocycles. The second kappa shape index (κ2) is 53.7. The second-order valence-corrected chi connectivity index (χ2v) is 18.7. The Bertz CT molecular complexity index is 850. The van der Waals surface area contributed by atoms with E-state index in [0.717, 1.165) is 103 Å². The van der Waals surface area contributed by atoms with E-state index < -0.39 is 0 Å². The van der Waals surface area contributed by atoms with Gasteiger partial charge in [-0.25, -0.2) is 0 Å². The van der Waals surface area contributed by atoms with Crippen LogP contribution in [0, 0.1) is 0 Å². The summed E-state index contributed by atoms with van der Waals surface area (Å²) in [4.78, 5) is 27.6. The number of ether oxygens (including phenoxy) is 6. The number of esters is 2. The van der Waals surface area contributed by atoms with Crippen molar-refractivity contribution in [2.45, 2.75) is 278 Å². The monoisotopic (exact) mass is 928 g/mol. The van der Waals surface area contributed by atoms with Crippen LogP contribution in [0.25, 0.3) is 0 Å². The van der Waals surface area contributed by atoms with E-state index in [0.29, 0.717) is 65.3 Å². The number of nitrogens with zero attached hydrogens (tertiary/aromatic N) is 1. The van der Waals surface area contributed by atoms with Gasteiger partial charge in [0, 0.05) is 52.4 Å². The fourth-order valence-corrected chi connectivity index (χ4v) is 8.02. The molecular weight excluding hydrogens is 819 g/mol. The largest absolute Gasteiger partial charge is 0.466 e. The smallest absolute Gasteiger partial charge is 0.305 e. The predicted molar refractivity (Wildman–Crippen MR) is 270 cm³/mol. The minimum absolute atomic E-state index is 0.160. The van der Waals surface area contributed by atoms with Gasteiger partial charge in [0.1, 0.15) is 0 Å². The zero-order valence-electron chi connectivity index (χ0n) is 43.5. The number of aliphatic hydroxyl groups is 1. The van der Waals surface area contributed by atoms with E-state index in [1.54, 1.807) is 0 Å². The van der Waals surface area contributed by atoms with Crippen LogP contribution in [0.4, 0.5) is 0 Å². The maximum atomic E-state index is 12.6. The molecule has 0 unspecified atom stereocenters. The third-order valence-corrected chi connectivity index (χ3v) is 12.3. The second-order valence-electron chi connectivity index (χ2n) is 18.7. The Balaban J connectivity index is 4.28. The van der Waals surface area contributed by atoms with Crippen molar-refractivity contribution in [2.24, 2.45) is 0 Å². The molecule has 0 aliphatic rings. The molecule has 0 fully saturated rings. The molecule has 0 atom stereocenters. The van der Waals surface area contributed by atoms with Gasteiger partial charge in [-0.3, -0.25) is 9.59 Å². The number of carbonyl (C=O) groups excluding carboxylic acids is 2. The van der Waals surface area contributed by atoms with Crippen molar-refractivity contribution in [2.75, 3.05) is 65.9 Å². The molecule has 0 aliphatic heterocycles. The van der Waals surface area contributed by atoms with Gasteiger partial charge in [0.25, 0.3) is 0 Å². The van der Waals surface area contributed by atoms with E-state index in [9.17, 15) is 14.7 Å². The molecule has 0 rings (SSSR count). The van der Waals surface area contributed by atoms with E-state index in [2.05, 4.69) is 32.6 Å². The molecule has 0 radical (unpaired) electrons. The fraction of sp³-hybridized carbons (Fsp3) is 0.964. The van der Waals surface area contributed by atoms with Crippen molar-refractivity contribution in [3.8, 4) is 0 Å². The Hall–Kier alpha value is -1.30. The SMILES string of the molecule is CCCCCCCCOC(CCC(=O)OCCCCCCN(CCCO)CCCCCCOC(=O)CCC(OCCCCCCCC)OCCCCCCCC)OCCCCCCCC. The minimum atomic E-state index is -0.332. The number of hydrogen-bond donors (Lipinski definition) is 1. The van der Waals surface area contributed by atoms with E-state index in [1.165, 1.54) is 128 Å². The predicted octanol–water partition coefficient (Wildman–Crippen LogP) is 14.6. The average molecular weight is 928 g/mol.